The Balaban J connectivity index is 1.23. The lowest BCUT2D eigenvalue weighted by atomic mass is 9.65. The van der Waals surface area contributed by atoms with Crippen LogP contribution in [0.5, 0.6) is 5.75 Å². The van der Waals surface area contributed by atoms with Crippen molar-refractivity contribution in [1.29, 1.82) is 0 Å². The first-order valence-corrected chi connectivity index (χ1v) is 14.1. The van der Waals surface area contributed by atoms with Gasteiger partial charge in [0.2, 0.25) is 0 Å². The third-order valence-corrected chi connectivity index (χ3v) is 8.59. The van der Waals surface area contributed by atoms with Gasteiger partial charge in [0.1, 0.15) is 41.2 Å². The first-order valence-electron chi connectivity index (χ1n) is 14.1. The van der Waals surface area contributed by atoms with Gasteiger partial charge in [-0.25, -0.2) is 0 Å². The number of hydrogen-bond donors (Lipinski definition) is 2. The lowest BCUT2D eigenvalue weighted by Crippen LogP contribution is -2.64. The molecule has 0 spiro atoms. The van der Waals surface area contributed by atoms with E-state index in [0.717, 1.165) is 17.5 Å². The van der Waals surface area contributed by atoms with Crippen LogP contribution in [0.1, 0.15) is 34.8 Å². The Kier molecular flexibility index (Phi) is 6.48. The lowest BCUT2D eigenvalue weighted by Gasteiger charge is -2.51. The summed E-state index contributed by atoms with van der Waals surface area (Å²) in [6.07, 6.45) is -0.393. The van der Waals surface area contributed by atoms with Gasteiger partial charge in [0.15, 0.2) is 17.3 Å². The van der Waals surface area contributed by atoms with E-state index in [1.807, 2.05) is 60.7 Å². The van der Waals surface area contributed by atoms with Crippen molar-refractivity contribution in [2.45, 2.75) is 56.0 Å². The monoisotopic (exact) mass is 550 g/mol. The summed E-state index contributed by atoms with van der Waals surface area (Å²) in [6, 6.07) is 24.7. The van der Waals surface area contributed by atoms with Crippen molar-refractivity contribution in [2.75, 3.05) is 0 Å². The number of ketones is 1. The SMILES string of the molecule is O=C1C=C(CCc2ccccc2)OC2C(O)C3Oc4ccc5oc(CCc6ccccc6)cc(=O)c5c4C(C3O)C12. The third kappa shape index (κ3) is 4.55. The minimum atomic E-state index is -1.23. The lowest BCUT2D eigenvalue weighted by molar-refractivity contribution is -0.182. The fourth-order valence-corrected chi connectivity index (χ4v) is 6.63. The Morgan fingerprint density at radius 2 is 1.37 bits per heavy atom. The summed E-state index contributed by atoms with van der Waals surface area (Å²) in [7, 11) is 0. The Hall–Kier alpha value is -4.20. The topological polar surface area (TPSA) is 106 Å². The maximum Gasteiger partial charge on any atom is 0.193 e. The van der Waals surface area contributed by atoms with Gasteiger partial charge < -0.3 is 24.1 Å². The third-order valence-electron chi connectivity index (χ3n) is 8.59. The maximum absolute atomic E-state index is 13.6. The number of ether oxygens (including phenoxy) is 2. The number of rotatable bonds is 6. The Morgan fingerprint density at radius 1 is 0.683 bits per heavy atom. The molecule has 0 amide bonds. The number of carbonyl (C=O) groups excluding carboxylic acids is 1. The number of benzene rings is 3. The molecule has 1 aromatic heterocycles. The van der Waals surface area contributed by atoms with E-state index in [4.69, 9.17) is 13.9 Å². The number of hydrogen-bond acceptors (Lipinski definition) is 7. The quantitative estimate of drug-likeness (QED) is 0.370. The number of fused-ring (bicyclic) bond motifs is 8. The van der Waals surface area contributed by atoms with Crippen LogP contribution in [-0.2, 0) is 28.8 Å². The second kappa shape index (κ2) is 10.3. The average Bonchev–Trinajstić information content (AvgIpc) is 2.98. The van der Waals surface area contributed by atoms with Crippen LogP contribution >= 0.6 is 0 Å². The van der Waals surface area contributed by atoms with Crippen molar-refractivity contribution in [2.24, 2.45) is 5.92 Å². The zero-order valence-corrected chi connectivity index (χ0v) is 22.3. The predicted octanol–water partition coefficient (Wildman–Crippen LogP) is 4.26. The summed E-state index contributed by atoms with van der Waals surface area (Å²) in [5.74, 6) is -0.484. The molecule has 3 aliphatic rings. The number of aliphatic hydroxyl groups is 2. The fraction of sp³-hybridized carbons (Fsp3) is 0.294. The highest BCUT2D eigenvalue weighted by molar-refractivity contribution is 5.95. The minimum Gasteiger partial charge on any atom is -0.491 e. The second-order valence-electron chi connectivity index (χ2n) is 11.1. The van der Waals surface area contributed by atoms with Crippen LogP contribution in [0.25, 0.3) is 11.0 Å². The van der Waals surface area contributed by atoms with Crippen molar-refractivity contribution in [3.05, 3.63) is 123 Å². The highest BCUT2D eigenvalue weighted by Crippen LogP contribution is 2.51. The molecule has 7 rings (SSSR count). The summed E-state index contributed by atoms with van der Waals surface area (Å²) in [4.78, 5) is 27.2. The van der Waals surface area contributed by atoms with Gasteiger partial charge in [0.25, 0.3) is 0 Å². The van der Waals surface area contributed by atoms with Crippen molar-refractivity contribution < 1.29 is 28.9 Å². The molecule has 41 heavy (non-hydrogen) atoms. The molecule has 3 aromatic carbocycles. The van der Waals surface area contributed by atoms with E-state index in [2.05, 4.69) is 0 Å². The highest BCUT2D eigenvalue weighted by atomic mass is 16.5. The second-order valence-corrected chi connectivity index (χ2v) is 11.1. The van der Waals surface area contributed by atoms with Crippen molar-refractivity contribution in [3.8, 4) is 5.75 Å². The van der Waals surface area contributed by atoms with Gasteiger partial charge in [-0.1, -0.05) is 60.7 Å². The molecule has 2 N–H and O–H groups in total. The summed E-state index contributed by atoms with van der Waals surface area (Å²) in [6.45, 7) is 0. The molecule has 3 heterocycles. The molecule has 4 aromatic rings. The number of aliphatic hydroxyl groups excluding tert-OH is 2. The zero-order valence-electron chi connectivity index (χ0n) is 22.3. The standard InChI is InChI=1S/C34H30O7/c35-23-17-21(13-11-19-7-3-1-4-8-19)39-25-15-16-26-29(27(23)25)30-28-24(36)18-22(14-12-20-9-5-2-6-10-20)40-33(28)32(38)34(41-26)31(30)37/h1-10,15-18,28,30-34,37-38H,11-14H2. The molecular formula is C34H30O7. The Morgan fingerprint density at radius 3 is 2.07 bits per heavy atom. The molecule has 0 radical (unpaired) electrons. The van der Waals surface area contributed by atoms with Crippen LogP contribution in [0.4, 0.5) is 0 Å². The normalized spacial score (nSPS) is 26.4. The molecular weight excluding hydrogens is 520 g/mol. The molecule has 7 nitrogen and oxygen atoms in total. The van der Waals surface area contributed by atoms with E-state index < -0.39 is 36.3 Å². The number of carbonyl (C=O) groups is 1. The molecule has 1 saturated carbocycles. The van der Waals surface area contributed by atoms with E-state index in [9.17, 15) is 19.8 Å². The van der Waals surface area contributed by atoms with Crippen LogP contribution in [0, 0.1) is 5.92 Å². The minimum absolute atomic E-state index is 0.236. The first-order chi connectivity index (χ1) is 20.0. The summed E-state index contributed by atoms with van der Waals surface area (Å²) in [5, 5.41) is 22.9. The first kappa shape index (κ1) is 25.7. The molecule has 7 heteroatoms. The zero-order chi connectivity index (χ0) is 28.1. The van der Waals surface area contributed by atoms with Crippen LogP contribution < -0.4 is 10.2 Å². The highest BCUT2D eigenvalue weighted by Gasteiger charge is 2.59. The smallest absolute Gasteiger partial charge is 0.193 e. The Labute approximate surface area is 236 Å². The van der Waals surface area contributed by atoms with Crippen molar-refractivity contribution in [3.63, 3.8) is 0 Å². The van der Waals surface area contributed by atoms with Gasteiger partial charge in [0.05, 0.1) is 11.3 Å². The van der Waals surface area contributed by atoms with Crippen LogP contribution in [-0.4, -0.2) is 40.4 Å². The summed E-state index contributed by atoms with van der Waals surface area (Å²) >= 11 is 0. The largest absolute Gasteiger partial charge is 0.491 e. The van der Waals surface area contributed by atoms with Gasteiger partial charge in [-0.3, -0.25) is 9.59 Å². The molecule has 6 atom stereocenters. The molecule has 1 fully saturated rings. The van der Waals surface area contributed by atoms with E-state index in [1.165, 1.54) is 12.1 Å². The predicted molar refractivity (Wildman–Crippen MR) is 152 cm³/mol. The molecule has 0 saturated heterocycles. The van der Waals surface area contributed by atoms with Crippen molar-refractivity contribution >= 4 is 16.8 Å². The van der Waals surface area contributed by atoms with Gasteiger partial charge in [0, 0.05) is 36.5 Å². The van der Waals surface area contributed by atoms with Crippen molar-refractivity contribution in [1.82, 2.24) is 0 Å². The fourth-order valence-electron chi connectivity index (χ4n) is 6.63. The van der Waals surface area contributed by atoms with E-state index in [-0.39, 0.29) is 16.6 Å². The number of allylic oxidation sites excluding steroid dienone is 2. The number of aryl methyl sites for hydroxylation is 3. The van der Waals surface area contributed by atoms with Gasteiger partial charge in [-0.2, -0.15) is 0 Å². The maximum atomic E-state index is 13.6. The Bertz CT molecular complexity index is 1690. The van der Waals surface area contributed by atoms with Crippen LogP contribution in [0.3, 0.4) is 0 Å². The molecule has 2 bridgehead atoms. The van der Waals surface area contributed by atoms with Crippen LogP contribution in [0.15, 0.2) is 99.9 Å². The average molecular weight is 551 g/mol. The summed E-state index contributed by atoms with van der Waals surface area (Å²) < 4.78 is 18.5. The molecule has 6 unspecified atom stereocenters. The summed E-state index contributed by atoms with van der Waals surface area (Å²) in [5.41, 5.74) is 2.81. The molecule has 1 aliphatic carbocycles. The van der Waals surface area contributed by atoms with Gasteiger partial charge >= 0.3 is 0 Å². The molecule has 2 aliphatic heterocycles. The molecule has 208 valence electrons. The van der Waals surface area contributed by atoms with E-state index >= 15 is 0 Å². The van der Waals surface area contributed by atoms with Crippen LogP contribution in [0.2, 0.25) is 0 Å². The van der Waals surface area contributed by atoms with E-state index in [1.54, 1.807) is 12.1 Å². The van der Waals surface area contributed by atoms with Gasteiger partial charge in [-0.15, -0.1) is 0 Å². The van der Waals surface area contributed by atoms with E-state index in [0.29, 0.717) is 47.7 Å². The van der Waals surface area contributed by atoms with Gasteiger partial charge in [-0.05, 0) is 36.1 Å².